The predicted molar refractivity (Wildman–Crippen MR) is 116 cm³/mol. The third kappa shape index (κ3) is 4.68. The van der Waals surface area contributed by atoms with E-state index in [9.17, 15) is 13.2 Å². The lowest BCUT2D eigenvalue weighted by Crippen LogP contribution is -2.41. The molecule has 0 saturated carbocycles. The summed E-state index contributed by atoms with van der Waals surface area (Å²) in [5.41, 5.74) is 1.77. The van der Waals surface area contributed by atoms with E-state index in [0.717, 1.165) is 11.4 Å². The summed E-state index contributed by atoms with van der Waals surface area (Å²) in [5.74, 6) is 0.459. The highest BCUT2D eigenvalue weighted by Crippen LogP contribution is 2.22. The quantitative estimate of drug-likeness (QED) is 0.636. The van der Waals surface area contributed by atoms with Crippen molar-refractivity contribution in [1.29, 1.82) is 0 Å². The first-order valence-corrected chi connectivity index (χ1v) is 11.4. The molecule has 0 atom stereocenters. The van der Waals surface area contributed by atoms with Crippen LogP contribution in [0.2, 0.25) is 0 Å². The zero-order valence-corrected chi connectivity index (χ0v) is 18.0. The molecule has 3 aromatic rings. The Labute approximate surface area is 181 Å². The average Bonchev–Trinajstić information content (AvgIpc) is 3.20. The number of benzene rings is 2. The van der Waals surface area contributed by atoms with E-state index in [-0.39, 0.29) is 23.5 Å². The van der Waals surface area contributed by atoms with E-state index in [0.29, 0.717) is 25.4 Å². The molecular weight excluding hydrogens is 416 g/mol. The lowest BCUT2D eigenvalue weighted by Gasteiger charge is -2.26. The van der Waals surface area contributed by atoms with Crippen molar-refractivity contribution in [2.45, 2.75) is 18.4 Å². The minimum Gasteiger partial charge on any atom is -0.379 e. The van der Waals surface area contributed by atoms with Gasteiger partial charge in [-0.1, -0.05) is 24.3 Å². The van der Waals surface area contributed by atoms with Crippen LogP contribution in [0.4, 0.5) is 5.69 Å². The van der Waals surface area contributed by atoms with Crippen LogP contribution in [0.25, 0.3) is 0 Å². The van der Waals surface area contributed by atoms with Crippen LogP contribution in [0.1, 0.15) is 21.7 Å². The van der Waals surface area contributed by atoms with Crippen molar-refractivity contribution in [3.05, 3.63) is 77.9 Å². The number of aryl methyl sites for hydroxylation is 1. The van der Waals surface area contributed by atoms with Crippen LogP contribution in [0.5, 0.6) is 0 Å². The van der Waals surface area contributed by atoms with E-state index in [4.69, 9.17) is 4.74 Å². The molecule has 9 heteroatoms. The molecule has 0 unspecified atom stereocenters. The van der Waals surface area contributed by atoms with Crippen molar-refractivity contribution in [3.63, 3.8) is 0 Å². The molecule has 0 radical (unpaired) electrons. The molecule has 1 aromatic heterocycles. The van der Waals surface area contributed by atoms with E-state index in [1.807, 2.05) is 29.8 Å². The predicted octanol–water partition coefficient (Wildman–Crippen LogP) is 2.51. The van der Waals surface area contributed by atoms with E-state index in [1.54, 1.807) is 30.5 Å². The number of hydrogen-bond acceptors (Lipinski definition) is 5. The number of amides is 1. The van der Waals surface area contributed by atoms with Gasteiger partial charge in [-0.2, -0.15) is 4.31 Å². The fraction of sp³-hybridized carbons (Fsp3) is 0.273. The van der Waals surface area contributed by atoms with E-state index >= 15 is 0 Å². The van der Waals surface area contributed by atoms with Gasteiger partial charge in [-0.25, -0.2) is 13.4 Å². The third-order valence-electron chi connectivity index (χ3n) is 5.21. The molecule has 8 nitrogen and oxygen atoms in total. The van der Waals surface area contributed by atoms with Gasteiger partial charge in [0.2, 0.25) is 10.0 Å². The number of sulfonamides is 1. The fourth-order valence-electron chi connectivity index (χ4n) is 3.46. The normalized spacial score (nSPS) is 15.0. The zero-order chi connectivity index (χ0) is 21.8. The molecule has 1 aliphatic rings. The third-order valence-corrected chi connectivity index (χ3v) is 7.16. The van der Waals surface area contributed by atoms with Crippen LogP contribution in [0.15, 0.2) is 65.8 Å². The van der Waals surface area contributed by atoms with Crippen molar-refractivity contribution in [2.75, 3.05) is 31.6 Å². The minimum atomic E-state index is -3.79. The topological polar surface area (TPSA) is 93.5 Å². The van der Waals surface area contributed by atoms with Crippen molar-refractivity contribution in [3.8, 4) is 0 Å². The molecule has 0 bridgehead atoms. The minimum absolute atomic E-state index is 0.00148. The molecule has 2 aromatic carbocycles. The molecule has 162 valence electrons. The molecule has 2 heterocycles. The van der Waals surface area contributed by atoms with Gasteiger partial charge in [0.1, 0.15) is 5.82 Å². The Morgan fingerprint density at radius 2 is 1.81 bits per heavy atom. The zero-order valence-electron chi connectivity index (χ0n) is 17.2. The van der Waals surface area contributed by atoms with E-state index in [1.165, 1.54) is 16.4 Å². The van der Waals surface area contributed by atoms with Crippen LogP contribution >= 0.6 is 0 Å². The van der Waals surface area contributed by atoms with Gasteiger partial charge < -0.3 is 14.6 Å². The van der Waals surface area contributed by atoms with Gasteiger partial charge in [-0.3, -0.25) is 4.79 Å². The average molecular weight is 441 g/mol. The maximum absolute atomic E-state index is 13.1. The Kier molecular flexibility index (Phi) is 6.17. The lowest BCUT2D eigenvalue weighted by molar-refractivity contribution is 0.0730. The second kappa shape index (κ2) is 9.01. The van der Waals surface area contributed by atoms with Gasteiger partial charge in [-0.15, -0.1) is 0 Å². The standard InChI is InChI=1S/C22H24N4O4S/c1-17-23-10-11-25(17)16-18-6-8-19(9-7-18)24-22(27)20-4-2-3-5-21(20)31(28,29)26-12-14-30-15-13-26/h2-11H,12-16H2,1H3,(H,24,27). The maximum Gasteiger partial charge on any atom is 0.257 e. The van der Waals surface area contributed by atoms with Crippen LogP contribution < -0.4 is 5.32 Å². The summed E-state index contributed by atoms with van der Waals surface area (Å²) < 4.78 is 34.8. The molecule has 0 spiro atoms. The monoisotopic (exact) mass is 440 g/mol. The number of anilines is 1. The van der Waals surface area contributed by atoms with Crippen molar-refractivity contribution in [1.82, 2.24) is 13.9 Å². The number of morpholine rings is 1. The first kappa shape index (κ1) is 21.2. The highest BCUT2D eigenvalue weighted by atomic mass is 32.2. The van der Waals surface area contributed by atoms with Crippen LogP contribution in [0.3, 0.4) is 0 Å². The maximum atomic E-state index is 13.1. The molecule has 1 aliphatic heterocycles. The molecule has 4 rings (SSSR count). The summed E-state index contributed by atoms with van der Waals surface area (Å²) >= 11 is 0. The summed E-state index contributed by atoms with van der Waals surface area (Å²) in [6.45, 7) is 3.86. The molecule has 1 N–H and O–H groups in total. The molecule has 1 fully saturated rings. The number of aromatic nitrogens is 2. The number of ether oxygens (including phenoxy) is 1. The van der Waals surface area contributed by atoms with Gasteiger partial charge in [0.15, 0.2) is 0 Å². The second-order valence-electron chi connectivity index (χ2n) is 7.27. The Balaban J connectivity index is 1.51. The smallest absolute Gasteiger partial charge is 0.257 e. The second-order valence-corrected chi connectivity index (χ2v) is 9.17. The van der Waals surface area contributed by atoms with Gasteiger partial charge in [0, 0.05) is 37.7 Å². The van der Waals surface area contributed by atoms with E-state index < -0.39 is 15.9 Å². The van der Waals surface area contributed by atoms with Gasteiger partial charge in [0.05, 0.1) is 23.7 Å². The molecule has 31 heavy (non-hydrogen) atoms. The highest BCUT2D eigenvalue weighted by molar-refractivity contribution is 7.89. The Hall–Kier alpha value is -3.01. The number of imidazole rings is 1. The van der Waals surface area contributed by atoms with Gasteiger partial charge in [0.25, 0.3) is 5.91 Å². The number of hydrogen-bond donors (Lipinski definition) is 1. The lowest BCUT2D eigenvalue weighted by atomic mass is 10.1. The summed E-state index contributed by atoms with van der Waals surface area (Å²) in [6, 6.07) is 13.7. The first-order chi connectivity index (χ1) is 14.9. The SMILES string of the molecule is Cc1nccn1Cc1ccc(NC(=O)c2ccccc2S(=O)(=O)N2CCOCC2)cc1. The van der Waals surface area contributed by atoms with Crippen molar-refractivity contribution in [2.24, 2.45) is 0 Å². The van der Waals surface area contributed by atoms with Crippen molar-refractivity contribution >= 4 is 21.6 Å². The number of nitrogens with one attached hydrogen (secondary N) is 1. The van der Waals surface area contributed by atoms with Crippen LogP contribution in [0, 0.1) is 6.92 Å². The number of rotatable bonds is 6. The highest BCUT2D eigenvalue weighted by Gasteiger charge is 2.30. The molecule has 0 aliphatic carbocycles. The summed E-state index contributed by atoms with van der Waals surface area (Å²) in [4.78, 5) is 17.1. The van der Waals surface area contributed by atoms with Crippen LogP contribution in [-0.4, -0.2) is 54.5 Å². The number of carbonyl (C=O) groups is 1. The Morgan fingerprint density at radius 1 is 1.10 bits per heavy atom. The largest absolute Gasteiger partial charge is 0.379 e. The molecular formula is C22H24N4O4S. The van der Waals surface area contributed by atoms with Crippen LogP contribution in [-0.2, 0) is 21.3 Å². The molecule has 1 saturated heterocycles. The number of nitrogens with zero attached hydrogens (tertiary/aromatic N) is 3. The molecule has 1 amide bonds. The summed E-state index contributed by atoms with van der Waals surface area (Å²) in [7, 11) is -3.79. The Morgan fingerprint density at radius 3 is 2.48 bits per heavy atom. The van der Waals surface area contributed by atoms with Crippen molar-refractivity contribution < 1.29 is 17.9 Å². The van der Waals surface area contributed by atoms with Gasteiger partial charge in [-0.05, 0) is 36.8 Å². The summed E-state index contributed by atoms with van der Waals surface area (Å²) in [6.07, 6.45) is 3.67. The van der Waals surface area contributed by atoms with E-state index in [2.05, 4.69) is 10.3 Å². The first-order valence-electron chi connectivity index (χ1n) is 10.00. The Bertz CT molecular complexity index is 1170. The fourth-order valence-corrected chi connectivity index (χ4v) is 5.06. The van der Waals surface area contributed by atoms with Gasteiger partial charge >= 0.3 is 0 Å². The number of carbonyl (C=O) groups excluding carboxylic acids is 1. The summed E-state index contributed by atoms with van der Waals surface area (Å²) in [5, 5.41) is 2.81.